The lowest BCUT2D eigenvalue weighted by molar-refractivity contribution is 0.195. The summed E-state index contributed by atoms with van der Waals surface area (Å²) in [6, 6.07) is 4.62. The van der Waals surface area contributed by atoms with E-state index in [0.29, 0.717) is 21.4 Å². The fourth-order valence-electron chi connectivity index (χ4n) is 1.42. The molecule has 4 nitrogen and oxygen atoms in total. The number of aliphatic hydroxyl groups is 1. The third-order valence-corrected chi connectivity index (χ3v) is 3.22. The maximum atomic E-state index is 13.7. The largest absolute Gasteiger partial charge is 0.389 e. The van der Waals surface area contributed by atoms with Crippen LogP contribution in [0.3, 0.4) is 0 Å². The average Bonchev–Trinajstić information content (AvgIpc) is 2.67. The molecular formula is C11H12FN3OS. The Morgan fingerprint density at radius 1 is 1.47 bits per heavy atom. The molecule has 0 aliphatic rings. The molecule has 0 aliphatic heterocycles. The predicted octanol–water partition coefficient (Wildman–Crippen LogP) is 2.46. The smallest absolute Gasteiger partial charge is 0.213 e. The van der Waals surface area contributed by atoms with Crippen molar-refractivity contribution in [3.05, 3.63) is 35.4 Å². The third-order valence-electron chi connectivity index (χ3n) is 2.22. The van der Waals surface area contributed by atoms with Crippen molar-refractivity contribution in [2.45, 2.75) is 30.0 Å². The van der Waals surface area contributed by atoms with Crippen LogP contribution in [0.4, 0.5) is 4.39 Å². The van der Waals surface area contributed by atoms with Crippen molar-refractivity contribution >= 4 is 11.8 Å². The number of aliphatic hydroxyl groups excluding tert-OH is 1. The molecule has 0 aliphatic carbocycles. The lowest BCUT2D eigenvalue weighted by Gasteiger charge is -2.10. The first-order valence-corrected chi connectivity index (χ1v) is 5.93. The van der Waals surface area contributed by atoms with Crippen molar-refractivity contribution < 1.29 is 9.50 Å². The fraction of sp³-hybridized carbons (Fsp3) is 0.273. The Morgan fingerprint density at radius 2 is 2.24 bits per heavy atom. The van der Waals surface area contributed by atoms with Crippen LogP contribution >= 0.6 is 11.8 Å². The van der Waals surface area contributed by atoms with Gasteiger partial charge in [0, 0.05) is 0 Å². The highest BCUT2D eigenvalue weighted by molar-refractivity contribution is 7.99. The van der Waals surface area contributed by atoms with Gasteiger partial charge in [0.15, 0.2) is 0 Å². The molecule has 1 heterocycles. The van der Waals surface area contributed by atoms with E-state index in [4.69, 9.17) is 0 Å². The molecule has 2 rings (SSSR count). The molecule has 0 unspecified atom stereocenters. The number of nitrogens with zero attached hydrogens (tertiary/aromatic N) is 2. The summed E-state index contributed by atoms with van der Waals surface area (Å²) in [7, 11) is 0. The lowest BCUT2D eigenvalue weighted by Crippen LogP contribution is -1.96. The molecule has 0 saturated carbocycles. The van der Waals surface area contributed by atoms with Gasteiger partial charge >= 0.3 is 0 Å². The zero-order valence-electron chi connectivity index (χ0n) is 9.44. The highest BCUT2D eigenvalue weighted by Crippen LogP contribution is 2.33. The van der Waals surface area contributed by atoms with Crippen LogP contribution in [0.2, 0.25) is 0 Å². The number of nitrogens with one attached hydrogen (secondary N) is 1. The molecule has 0 bridgehead atoms. The van der Waals surface area contributed by atoms with E-state index in [1.54, 1.807) is 26.0 Å². The molecule has 2 N–H and O–H groups in total. The van der Waals surface area contributed by atoms with E-state index >= 15 is 0 Å². The molecule has 2 aromatic rings. The van der Waals surface area contributed by atoms with Gasteiger partial charge in [0.2, 0.25) is 5.16 Å². The van der Waals surface area contributed by atoms with Gasteiger partial charge < -0.3 is 5.11 Å². The molecule has 0 saturated heterocycles. The van der Waals surface area contributed by atoms with Gasteiger partial charge in [0.05, 0.1) is 11.0 Å². The molecular weight excluding hydrogens is 241 g/mol. The van der Waals surface area contributed by atoms with Gasteiger partial charge in [0.1, 0.15) is 11.6 Å². The fourth-order valence-corrected chi connectivity index (χ4v) is 2.40. The molecule has 1 aromatic heterocycles. The summed E-state index contributed by atoms with van der Waals surface area (Å²) in [6.07, 6.45) is -0.728. The molecule has 1 atom stereocenters. The van der Waals surface area contributed by atoms with Crippen LogP contribution in [0.1, 0.15) is 24.4 Å². The number of halogens is 1. The monoisotopic (exact) mass is 253 g/mol. The average molecular weight is 253 g/mol. The van der Waals surface area contributed by atoms with Crippen molar-refractivity contribution in [1.29, 1.82) is 0 Å². The second-order valence-corrected chi connectivity index (χ2v) is 4.62. The SMILES string of the molecule is Cc1nc(Sc2c(F)cccc2[C@@H](C)O)n[nH]1. The van der Waals surface area contributed by atoms with Gasteiger partial charge in [-0.3, -0.25) is 5.10 Å². The minimum Gasteiger partial charge on any atom is -0.389 e. The number of benzene rings is 1. The van der Waals surface area contributed by atoms with Gasteiger partial charge in [0.25, 0.3) is 0 Å². The van der Waals surface area contributed by atoms with Gasteiger partial charge in [-0.2, -0.15) is 0 Å². The number of hydrogen-bond donors (Lipinski definition) is 2. The second-order valence-electron chi connectivity index (χ2n) is 3.64. The standard InChI is InChI=1S/C11H12FN3OS/c1-6(16)8-4-3-5-9(12)10(8)17-11-13-7(2)14-15-11/h3-6,16H,1-2H3,(H,13,14,15)/t6-/m1/s1. The van der Waals surface area contributed by atoms with Gasteiger partial charge in [-0.15, -0.1) is 5.10 Å². The van der Waals surface area contributed by atoms with Crippen molar-refractivity contribution in [2.24, 2.45) is 0 Å². The molecule has 90 valence electrons. The normalized spacial score (nSPS) is 12.7. The van der Waals surface area contributed by atoms with E-state index in [-0.39, 0.29) is 5.82 Å². The molecule has 0 amide bonds. The van der Waals surface area contributed by atoms with E-state index in [0.717, 1.165) is 11.8 Å². The Balaban J connectivity index is 2.37. The van der Waals surface area contributed by atoms with Gasteiger partial charge in [-0.05, 0) is 37.2 Å². The minimum atomic E-state index is -0.728. The summed E-state index contributed by atoms with van der Waals surface area (Å²) in [5.41, 5.74) is 0.539. The number of aromatic amines is 1. The first-order valence-electron chi connectivity index (χ1n) is 5.11. The summed E-state index contributed by atoms with van der Waals surface area (Å²) in [5, 5.41) is 16.6. The Hall–Kier alpha value is -1.40. The lowest BCUT2D eigenvalue weighted by atomic mass is 10.1. The predicted molar refractivity (Wildman–Crippen MR) is 62.3 cm³/mol. The summed E-state index contributed by atoms with van der Waals surface area (Å²) in [6.45, 7) is 3.37. The zero-order chi connectivity index (χ0) is 12.4. The molecule has 17 heavy (non-hydrogen) atoms. The van der Waals surface area contributed by atoms with Gasteiger partial charge in [-0.25, -0.2) is 9.37 Å². The molecule has 0 fully saturated rings. The van der Waals surface area contributed by atoms with Crippen molar-refractivity contribution in [3.63, 3.8) is 0 Å². The van der Waals surface area contributed by atoms with Crippen LogP contribution in [0.5, 0.6) is 0 Å². The van der Waals surface area contributed by atoms with Crippen molar-refractivity contribution in [2.75, 3.05) is 0 Å². The third kappa shape index (κ3) is 2.65. The van der Waals surface area contributed by atoms with Crippen molar-refractivity contribution in [3.8, 4) is 0 Å². The Bertz CT molecular complexity index is 527. The summed E-state index contributed by atoms with van der Waals surface area (Å²) in [5.74, 6) is 0.290. The van der Waals surface area contributed by atoms with E-state index in [1.807, 2.05) is 0 Å². The highest BCUT2D eigenvalue weighted by atomic mass is 32.2. The van der Waals surface area contributed by atoms with E-state index in [9.17, 15) is 9.50 Å². The molecule has 1 aromatic carbocycles. The topological polar surface area (TPSA) is 61.8 Å². The van der Waals surface area contributed by atoms with Crippen LogP contribution in [-0.4, -0.2) is 20.3 Å². The molecule has 0 radical (unpaired) electrons. The number of hydrogen-bond acceptors (Lipinski definition) is 4. The maximum absolute atomic E-state index is 13.7. The van der Waals surface area contributed by atoms with E-state index in [2.05, 4.69) is 15.2 Å². The van der Waals surface area contributed by atoms with Crippen LogP contribution in [-0.2, 0) is 0 Å². The van der Waals surface area contributed by atoms with Crippen LogP contribution in [0.15, 0.2) is 28.3 Å². The van der Waals surface area contributed by atoms with E-state index < -0.39 is 6.10 Å². The van der Waals surface area contributed by atoms with Gasteiger partial charge in [-0.1, -0.05) is 12.1 Å². The van der Waals surface area contributed by atoms with Crippen LogP contribution in [0.25, 0.3) is 0 Å². The first-order chi connectivity index (χ1) is 8.08. The second kappa shape index (κ2) is 4.85. The maximum Gasteiger partial charge on any atom is 0.213 e. The first kappa shape index (κ1) is 12.1. The van der Waals surface area contributed by atoms with Crippen LogP contribution in [0, 0.1) is 12.7 Å². The van der Waals surface area contributed by atoms with Crippen LogP contribution < -0.4 is 0 Å². The molecule has 0 spiro atoms. The zero-order valence-corrected chi connectivity index (χ0v) is 10.3. The Kier molecular flexibility index (Phi) is 3.44. The number of rotatable bonds is 3. The summed E-state index contributed by atoms with van der Waals surface area (Å²) < 4.78 is 13.7. The highest BCUT2D eigenvalue weighted by Gasteiger charge is 2.15. The summed E-state index contributed by atoms with van der Waals surface area (Å²) in [4.78, 5) is 4.46. The number of H-pyrrole nitrogens is 1. The number of aromatic nitrogens is 3. The quantitative estimate of drug-likeness (QED) is 0.882. The van der Waals surface area contributed by atoms with E-state index in [1.165, 1.54) is 6.07 Å². The van der Waals surface area contributed by atoms with Crippen molar-refractivity contribution in [1.82, 2.24) is 15.2 Å². The summed E-state index contributed by atoms with van der Waals surface area (Å²) >= 11 is 1.10. The molecule has 6 heteroatoms. The Labute approximate surface area is 102 Å². The minimum absolute atomic E-state index is 0.363. The number of aryl methyl sites for hydroxylation is 1. The Morgan fingerprint density at radius 3 is 2.82 bits per heavy atom.